The van der Waals surface area contributed by atoms with Crippen molar-refractivity contribution in [1.29, 1.82) is 0 Å². The van der Waals surface area contributed by atoms with Crippen LogP contribution >= 0.6 is 0 Å². The van der Waals surface area contributed by atoms with E-state index in [1.807, 2.05) is 0 Å². The van der Waals surface area contributed by atoms with Crippen LogP contribution in [-0.4, -0.2) is 4.98 Å². The maximum Gasteiger partial charge on any atom is 0.0716 e. The zero-order chi connectivity index (χ0) is 48.1. The minimum atomic E-state index is 0.897. The van der Waals surface area contributed by atoms with E-state index in [1.165, 1.54) is 27.8 Å². The van der Waals surface area contributed by atoms with Gasteiger partial charge in [0.25, 0.3) is 0 Å². The number of pyridine rings is 1. The smallest absolute Gasteiger partial charge is 0.0716 e. The Morgan fingerprint density at radius 1 is 0.153 bits per heavy atom. The molecule has 1 nitrogen and oxygen atoms in total. The Morgan fingerprint density at radius 3 is 0.958 bits per heavy atom. The van der Waals surface area contributed by atoms with Gasteiger partial charge in [0.1, 0.15) is 0 Å². The van der Waals surface area contributed by atoms with E-state index in [-0.39, 0.29) is 0 Å². The molecule has 1 aromatic heterocycles. The Labute approximate surface area is 422 Å². The van der Waals surface area contributed by atoms with Gasteiger partial charge in [0.15, 0.2) is 0 Å². The summed E-state index contributed by atoms with van der Waals surface area (Å²) >= 11 is 0. The third-order valence-electron chi connectivity index (χ3n) is 13.7. The highest BCUT2D eigenvalue weighted by molar-refractivity contribution is 6.08. The van der Waals surface area contributed by atoms with Crippen LogP contribution in [0.3, 0.4) is 0 Å². The third kappa shape index (κ3) is 8.88. The highest BCUT2D eigenvalue weighted by Crippen LogP contribution is 2.51. The molecule has 0 spiro atoms. The number of hydrogen-bond donors (Lipinski definition) is 0. The fraction of sp³-hybridized carbons (Fsp3) is 0. The molecule has 0 radical (unpaired) electrons. The fourth-order valence-electron chi connectivity index (χ4n) is 10.2. The summed E-state index contributed by atoms with van der Waals surface area (Å²) < 4.78 is 0. The Kier molecular flexibility index (Phi) is 12.1. The second-order valence-corrected chi connectivity index (χ2v) is 18.2. The molecule has 0 aliphatic rings. The van der Waals surface area contributed by atoms with E-state index in [2.05, 4.69) is 297 Å². The summed E-state index contributed by atoms with van der Waals surface area (Å²) in [5.74, 6) is 0. The van der Waals surface area contributed by atoms with Crippen molar-refractivity contribution in [3.63, 3.8) is 0 Å². The van der Waals surface area contributed by atoms with Gasteiger partial charge in [-0.1, -0.05) is 255 Å². The summed E-state index contributed by atoms with van der Waals surface area (Å²) in [6, 6.07) is 107. The largest absolute Gasteiger partial charge is 0.248 e. The molecule has 0 bridgehead atoms. The van der Waals surface area contributed by atoms with E-state index in [4.69, 9.17) is 4.98 Å². The summed E-state index contributed by atoms with van der Waals surface area (Å²) in [4.78, 5) is 5.57. The summed E-state index contributed by atoms with van der Waals surface area (Å²) in [6.45, 7) is 0. The van der Waals surface area contributed by atoms with Crippen molar-refractivity contribution < 1.29 is 0 Å². The van der Waals surface area contributed by atoms with Gasteiger partial charge >= 0.3 is 0 Å². The molecular weight excluding hydrogens is 867 g/mol. The first-order chi connectivity index (χ1) is 35.7. The standard InChI is InChI=1S/C71H49N/c1-9-25-50(26-10-1)58-41-42-63(64(46-58)52-29-13-3-14-30-52)60-43-61(45-62(44-60)68-48-59(51-27-11-2-12-28-51)47-67(72-68)54-33-17-5-18-34-54)66-49-65(53-31-15-4-16-32-53)69(55-35-19-6-20-36-55)71(57-39-23-8-24-40-57)70(66)56-37-21-7-22-38-56/h1-49H. The summed E-state index contributed by atoms with van der Waals surface area (Å²) in [7, 11) is 0. The first-order valence-corrected chi connectivity index (χ1v) is 24.7. The van der Waals surface area contributed by atoms with Crippen molar-refractivity contribution in [2.24, 2.45) is 0 Å². The van der Waals surface area contributed by atoms with Crippen LogP contribution in [-0.2, 0) is 0 Å². The number of aromatic nitrogens is 1. The first-order valence-electron chi connectivity index (χ1n) is 24.7. The average molecular weight is 916 g/mol. The fourth-order valence-corrected chi connectivity index (χ4v) is 10.2. The third-order valence-corrected chi connectivity index (χ3v) is 13.7. The molecule has 0 amide bonds. The molecule has 0 N–H and O–H groups in total. The molecule has 0 fully saturated rings. The summed E-state index contributed by atoms with van der Waals surface area (Å²) in [5, 5.41) is 0. The zero-order valence-corrected chi connectivity index (χ0v) is 39.7. The second-order valence-electron chi connectivity index (χ2n) is 18.2. The van der Waals surface area contributed by atoms with Crippen molar-refractivity contribution in [3.05, 3.63) is 297 Å². The molecule has 0 saturated carbocycles. The predicted molar refractivity (Wildman–Crippen MR) is 304 cm³/mol. The minimum Gasteiger partial charge on any atom is -0.248 e. The van der Waals surface area contributed by atoms with Gasteiger partial charge in [-0.3, -0.25) is 0 Å². The average Bonchev–Trinajstić information content (AvgIpc) is 3.48. The molecule has 1 heterocycles. The topological polar surface area (TPSA) is 12.9 Å². The molecule has 338 valence electrons. The van der Waals surface area contributed by atoms with Crippen molar-refractivity contribution in [2.75, 3.05) is 0 Å². The highest BCUT2D eigenvalue weighted by Gasteiger charge is 2.25. The maximum absolute atomic E-state index is 5.57. The number of benzene rings is 11. The maximum atomic E-state index is 5.57. The van der Waals surface area contributed by atoms with Crippen LogP contribution in [0.25, 0.3) is 123 Å². The molecule has 0 saturated heterocycles. The van der Waals surface area contributed by atoms with Gasteiger partial charge in [0, 0.05) is 11.1 Å². The van der Waals surface area contributed by atoms with E-state index < -0.39 is 0 Å². The Balaban J connectivity index is 1.22. The van der Waals surface area contributed by atoms with Gasteiger partial charge in [-0.15, -0.1) is 0 Å². The second kappa shape index (κ2) is 19.9. The van der Waals surface area contributed by atoms with Crippen LogP contribution in [0.5, 0.6) is 0 Å². The predicted octanol–water partition coefficient (Wildman–Crippen LogP) is 19.4. The SMILES string of the molecule is c1ccc(-c2cc(-c3ccccc3)nc(-c3cc(-c4ccc(-c5ccccc5)cc4-c4ccccc4)cc(-c4cc(-c5ccccc5)c(-c5ccccc5)c(-c5ccccc5)c4-c4ccccc4)c3)c2)cc1. The molecule has 0 atom stereocenters. The molecular formula is C71H49N. The van der Waals surface area contributed by atoms with E-state index >= 15 is 0 Å². The van der Waals surface area contributed by atoms with Crippen molar-refractivity contribution in [2.45, 2.75) is 0 Å². The Morgan fingerprint density at radius 2 is 0.486 bits per heavy atom. The zero-order valence-electron chi connectivity index (χ0n) is 39.7. The van der Waals surface area contributed by atoms with E-state index in [1.54, 1.807) is 0 Å². The van der Waals surface area contributed by atoms with Gasteiger partial charge in [-0.2, -0.15) is 0 Å². The van der Waals surface area contributed by atoms with Gasteiger partial charge in [-0.25, -0.2) is 4.98 Å². The monoisotopic (exact) mass is 915 g/mol. The lowest BCUT2D eigenvalue weighted by Crippen LogP contribution is -1.99. The molecule has 0 aliphatic heterocycles. The van der Waals surface area contributed by atoms with Crippen LogP contribution in [0, 0.1) is 0 Å². The van der Waals surface area contributed by atoms with Gasteiger partial charge in [0.05, 0.1) is 11.4 Å². The van der Waals surface area contributed by atoms with E-state index in [9.17, 15) is 0 Å². The van der Waals surface area contributed by atoms with E-state index in [0.29, 0.717) is 0 Å². The lowest BCUT2D eigenvalue weighted by molar-refractivity contribution is 1.32. The quantitative estimate of drug-likeness (QED) is 0.126. The first kappa shape index (κ1) is 43.8. The van der Waals surface area contributed by atoms with Crippen LogP contribution in [0.4, 0.5) is 0 Å². The van der Waals surface area contributed by atoms with Crippen LogP contribution in [0.2, 0.25) is 0 Å². The van der Waals surface area contributed by atoms with Crippen molar-refractivity contribution in [1.82, 2.24) is 4.98 Å². The molecule has 72 heavy (non-hydrogen) atoms. The Hall–Kier alpha value is -9.43. The molecule has 12 rings (SSSR count). The molecule has 12 aromatic rings. The van der Waals surface area contributed by atoms with Crippen molar-refractivity contribution in [3.8, 4) is 123 Å². The summed E-state index contributed by atoms with van der Waals surface area (Å²) in [6.07, 6.45) is 0. The molecule has 11 aromatic carbocycles. The van der Waals surface area contributed by atoms with Gasteiger partial charge < -0.3 is 0 Å². The highest BCUT2D eigenvalue weighted by atomic mass is 14.7. The Bertz CT molecular complexity index is 3720. The lowest BCUT2D eigenvalue weighted by atomic mass is 9.78. The summed E-state index contributed by atoms with van der Waals surface area (Å²) in [5.41, 5.74) is 24.6. The van der Waals surface area contributed by atoms with E-state index in [0.717, 1.165) is 94.8 Å². The van der Waals surface area contributed by atoms with Gasteiger partial charge in [0.2, 0.25) is 0 Å². The molecule has 0 aliphatic carbocycles. The van der Waals surface area contributed by atoms with Crippen molar-refractivity contribution >= 4 is 0 Å². The normalized spacial score (nSPS) is 11.1. The van der Waals surface area contributed by atoms with Crippen LogP contribution in [0.1, 0.15) is 0 Å². The number of rotatable bonds is 11. The molecule has 0 unspecified atom stereocenters. The molecule has 1 heteroatoms. The van der Waals surface area contributed by atoms with Gasteiger partial charge in [-0.05, 0) is 143 Å². The van der Waals surface area contributed by atoms with Crippen LogP contribution < -0.4 is 0 Å². The lowest BCUT2D eigenvalue weighted by Gasteiger charge is -2.25. The number of hydrogen-bond acceptors (Lipinski definition) is 1. The number of nitrogens with zero attached hydrogens (tertiary/aromatic N) is 1. The minimum absolute atomic E-state index is 0.897. The van der Waals surface area contributed by atoms with Crippen LogP contribution in [0.15, 0.2) is 297 Å².